The van der Waals surface area contributed by atoms with Crippen LogP contribution in [0.3, 0.4) is 0 Å². The van der Waals surface area contributed by atoms with Gasteiger partial charge in [-0.1, -0.05) is 6.92 Å². The molecule has 0 aromatic rings. The van der Waals surface area contributed by atoms with Gasteiger partial charge in [0.05, 0.1) is 12.7 Å². The van der Waals surface area contributed by atoms with Gasteiger partial charge in [-0.05, 0) is 24.5 Å². The summed E-state index contributed by atoms with van der Waals surface area (Å²) in [5.74, 6) is 2.33. The average molecular weight is 193 g/mol. The fourth-order valence-corrected chi connectivity index (χ4v) is 1.41. The third kappa shape index (κ3) is 8.33. The largest absolute Gasteiger partial charge is 0.394 e. The molecule has 0 saturated carbocycles. The van der Waals surface area contributed by atoms with Gasteiger partial charge in [-0.2, -0.15) is 11.8 Å². The average Bonchev–Trinajstić information content (AvgIpc) is 2.10. The fraction of sp³-hybridized carbons (Fsp3) is 1.00. The molecule has 0 rings (SSSR count). The zero-order chi connectivity index (χ0) is 9.23. The van der Waals surface area contributed by atoms with E-state index >= 15 is 0 Å². The Morgan fingerprint density at radius 1 is 1.50 bits per heavy atom. The summed E-state index contributed by atoms with van der Waals surface area (Å²) in [6.07, 6.45) is 0.514. The lowest BCUT2D eigenvalue weighted by Crippen LogP contribution is -2.30. The zero-order valence-electron chi connectivity index (χ0n) is 7.62. The van der Waals surface area contributed by atoms with Crippen LogP contribution in [0.2, 0.25) is 0 Å². The van der Waals surface area contributed by atoms with Crippen LogP contribution in [-0.2, 0) is 0 Å². The molecule has 0 saturated heterocycles. The van der Waals surface area contributed by atoms with E-state index in [1.54, 1.807) is 0 Å². The molecule has 4 heteroatoms. The maximum atomic E-state index is 8.94. The van der Waals surface area contributed by atoms with E-state index in [1.807, 2.05) is 11.8 Å². The lowest BCUT2D eigenvalue weighted by Gasteiger charge is -2.07. The molecule has 74 valence electrons. The van der Waals surface area contributed by atoms with Crippen molar-refractivity contribution in [3.63, 3.8) is 0 Å². The Bertz CT molecular complexity index is 93.1. The van der Waals surface area contributed by atoms with Crippen LogP contribution < -0.4 is 5.32 Å². The zero-order valence-corrected chi connectivity index (χ0v) is 8.44. The number of hydrogen-bond donors (Lipinski definition) is 3. The number of aliphatic hydroxyl groups excluding tert-OH is 2. The first-order chi connectivity index (χ1) is 5.81. The van der Waals surface area contributed by atoms with Gasteiger partial charge < -0.3 is 15.5 Å². The quantitative estimate of drug-likeness (QED) is 0.478. The molecule has 0 aliphatic carbocycles. The second-order valence-electron chi connectivity index (χ2n) is 2.59. The van der Waals surface area contributed by atoms with E-state index < -0.39 is 6.10 Å². The smallest absolute Gasteiger partial charge is 0.0894 e. The number of nitrogens with one attached hydrogen (secondary N) is 1. The molecule has 0 bridgehead atoms. The van der Waals surface area contributed by atoms with Gasteiger partial charge in [0.2, 0.25) is 0 Å². The molecule has 0 aliphatic rings. The van der Waals surface area contributed by atoms with E-state index in [4.69, 9.17) is 10.2 Å². The third-order valence-electron chi connectivity index (χ3n) is 1.44. The molecule has 0 fully saturated rings. The standard InChI is InChI=1S/C8H19NO2S/c1-2-12-5-3-4-9-6-8(11)7-10/h8-11H,2-7H2,1H3. The Morgan fingerprint density at radius 3 is 2.83 bits per heavy atom. The Hall–Kier alpha value is 0.230. The minimum atomic E-state index is -0.608. The summed E-state index contributed by atoms with van der Waals surface area (Å²) in [6.45, 7) is 3.40. The van der Waals surface area contributed by atoms with Crippen molar-refractivity contribution in [1.29, 1.82) is 0 Å². The van der Waals surface area contributed by atoms with Gasteiger partial charge in [0.15, 0.2) is 0 Å². The number of rotatable bonds is 8. The SMILES string of the molecule is CCSCCCNCC(O)CO. The first-order valence-corrected chi connectivity index (χ1v) is 5.54. The van der Waals surface area contributed by atoms with Crippen molar-refractivity contribution in [3.05, 3.63) is 0 Å². The predicted octanol–water partition coefficient (Wildman–Crippen LogP) is 0.0724. The summed E-state index contributed by atoms with van der Waals surface area (Å²) in [5, 5.41) is 20.5. The topological polar surface area (TPSA) is 52.5 Å². The summed E-state index contributed by atoms with van der Waals surface area (Å²) < 4.78 is 0. The molecular formula is C8H19NO2S. The molecule has 12 heavy (non-hydrogen) atoms. The van der Waals surface area contributed by atoms with E-state index in [0.29, 0.717) is 6.54 Å². The van der Waals surface area contributed by atoms with Crippen LogP contribution in [0, 0.1) is 0 Å². The maximum Gasteiger partial charge on any atom is 0.0894 e. The molecule has 0 aromatic carbocycles. The van der Waals surface area contributed by atoms with Crippen molar-refractivity contribution in [2.24, 2.45) is 0 Å². The van der Waals surface area contributed by atoms with E-state index in [0.717, 1.165) is 13.0 Å². The van der Waals surface area contributed by atoms with Crippen molar-refractivity contribution in [1.82, 2.24) is 5.32 Å². The number of aliphatic hydroxyl groups is 2. The van der Waals surface area contributed by atoms with Gasteiger partial charge in [0.25, 0.3) is 0 Å². The van der Waals surface area contributed by atoms with Crippen molar-refractivity contribution < 1.29 is 10.2 Å². The van der Waals surface area contributed by atoms with Crippen LogP contribution in [0.4, 0.5) is 0 Å². The van der Waals surface area contributed by atoms with Crippen LogP contribution in [0.5, 0.6) is 0 Å². The normalized spacial score (nSPS) is 13.2. The molecule has 0 radical (unpaired) electrons. The fourth-order valence-electron chi connectivity index (χ4n) is 0.777. The first kappa shape index (κ1) is 12.2. The Kier molecular flexibility index (Phi) is 9.50. The van der Waals surface area contributed by atoms with Gasteiger partial charge in [-0.15, -0.1) is 0 Å². The van der Waals surface area contributed by atoms with Crippen molar-refractivity contribution >= 4 is 11.8 Å². The van der Waals surface area contributed by atoms with Crippen molar-refractivity contribution in [3.8, 4) is 0 Å². The summed E-state index contributed by atoms with van der Waals surface area (Å²) in [4.78, 5) is 0. The Labute approximate surface area is 78.6 Å². The highest BCUT2D eigenvalue weighted by Gasteiger charge is 1.98. The van der Waals surface area contributed by atoms with Gasteiger partial charge >= 0.3 is 0 Å². The molecule has 0 aromatic heterocycles. The maximum absolute atomic E-state index is 8.94. The van der Waals surface area contributed by atoms with Crippen molar-refractivity contribution in [2.75, 3.05) is 31.2 Å². The highest BCUT2D eigenvalue weighted by Crippen LogP contribution is 1.99. The molecule has 1 atom stereocenters. The van der Waals surface area contributed by atoms with Gasteiger partial charge in [0, 0.05) is 6.54 Å². The van der Waals surface area contributed by atoms with Crippen LogP contribution in [0.15, 0.2) is 0 Å². The van der Waals surface area contributed by atoms with Crippen molar-refractivity contribution in [2.45, 2.75) is 19.4 Å². The summed E-state index contributed by atoms with van der Waals surface area (Å²) in [5.41, 5.74) is 0. The summed E-state index contributed by atoms with van der Waals surface area (Å²) in [6, 6.07) is 0. The van der Waals surface area contributed by atoms with E-state index in [9.17, 15) is 0 Å². The molecule has 0 aliphatic heterocycles. The number of hydrogen-bond acceptors (Lipinski definition) is 4. The monoisotopic (exact) mass is 193 g/mol. The minimum Gasteiger partial charge on any atom is -0.394 e. The van der Waals surface area contributed by atoms with Crippen LogP contribution in [0.25, 0.3) is 0 Å². The Morgan fingerprint density at radius 2 is 2.25 bits per heavy atom. The molecule has 3 N–H and O–H groups in total. The highest BCUT2D eigenvalue weighted by atomic mass is 32.2. The first-order valence-electron chi connectivity index (χ1n) is 4.38. The predicted molar refractivity (Wildman–Crippen MR) is 53.6 cm³/mol. The van der Waals surface area contributed by atoms with E-state index in [1.165, 1.54) is 11.5 Å². The Balaban J connectivity index is 2.90. The van der Waals surface area contributed by atoms with Gasteiger partial charge in [0.1, 0.15) is 0 Å². The number of thioether (sulfide) groups is 1. The second-order valence-corrected chi connectivity index (χ2v) is 3.98. The van der Waals surface area contributed by atoms with Gasteiger partial charge in [-0.25, -0.2) is 0 Å². The molecule has 0 amide bonds. The van der Waals surface area contributed by atoms with Crippen LogP contribution in [-0.4, -0.2) is 47.5 Å². The molecule has 0 heterocycles. The molecule has 0 spiro atoms. The molecule has 3 nitrogen and oxygen atoms in total. The summed E-state index contributed by atoms with van der Waals surface area (Å²) >= 11 is 1.92. The minimum absolute atomic E-state index is 0.156. The van der Waals surface area contributed by atoms with Crippen LogP contribution >= 0.6 is 11.8 Å². The third-order valence-corrected chi connectivity index (χ3v) is 2.42. The lowest BCUT2D eigenvalue weighted by molar-refractivity contribution is 0.0946. The van der Waals surface area contributed by atoms with Gasteiger partial charge in [-0.3, -0.25) is 0 Å². The highest BCUT2D eigenvalue weighted by molar-refractivity contribution is 7.99. The van der Waals surface area contributed by atoms with E-state index in [2.05, 4.69) is 12.2 Å². The lowest BCUT2D eigenvalue weighted by atomic mass is 10.3. The second kappa shape index (κ2) is 9.32. The molecular weight excluding hydrogens is 174 g/mol. The van der Waals surface area contributed by atoms with Crippen LogP contribution in [0.1, 0.15) is 13.3 Å². The molecule has 1 unspecified atom stereocenters. The summed E-state index contributed by atoms with van der Waals surface area (Å²) in [7, 11) is 0. The van der Waals surface area contributed by atoms with E-state index in [-0.39, 0.29) is 6.61 Å².